The van der Waals surface area contributed by atoms with Gasteiger partial charge in [0.25, 0.3) is 11.8 Å². The van der Waals surface area contributed by atoms with Crippen molar-refractivity contribution in [1.29, 1.82) is 0 Å². The molecule has 0 aliphatic carbocycles. The first-order chi connectivity index (χ1) is 17.5. The van der Waals surface area contributed by atoms with E-state index in [2.05, 4.69) is 12.2 Å². The number of thiocarbonyl (C=S) groups is 1. The minimum absolute atomic E-state index is 0.126. The van der Waals surface area contributed by atoms with Crippen LogP contribution >= 0.6 is 24.0 Å². The van der Waals surface area contributed by atoms with Gasteiger partial charge in [-0.25, -0.2) is 0 Å². The molecule has 3 aromatic carbocycles. The molecule has 0 radical (unpaired) electrons. The van der Waals surface area contributed by atoms with Gasteiger partial charge in [-0.3, -0.25) is 14.5 Å². The highest BCUT2D eigenvalue weighted by Gasteiger charge is 2.33. The van der Waals surface area contributed by atoms with Gasteiger partial charge in [-0.2, -0.15) is 0 Å². The number of aryl methyl sites for hydroxylation is 1. The molecule has 0 atom stereocenters. The number of thioether (sulfide) groups is 1. The van der Waals surface area contributed by atoms with E-state index in [-0.39, 0.29) is 18.4 Å². The average Bonchev–Trinajstić information content (AvgIpc) is 3.16. The summed E-state index contributed by atoms with van der Waals surface area (Å²) in [5, 5.41) is 2.83. The molecule has 8 heteroatoms. The van der Waals surface area contributed by atoms with Gasteiger partial charge < -0.3 is 14.8 Å². The van der Waals surface area contributed by atoms with Gasteiger partial charge in [0.05, 0.1) is 17.2 Å². The largest absolute Gasteiger partial charge is 0.494 e. The Morgan fingerprint density at radius 3 is 2.44 bits per heavy atom. The fraction of sp³-hybridized carbons (Fsp3) is 0.179. The van der Waals surface area contributed by atoms with Gasteiger partial charge in [-0.05, 0) is 79.1 Å². The van der Waals surface area contributed by atoms with Crippen LogP contribution in [0.15, 0.2) is 77.7 Å². The molecule has 1 N–H and O–H groups in total. The van der Waals surface area contributed by atoms with Gasteiger partial charge in [0, 0.05) is 5.69 Å². The van der Waals surface area contributed by atoms with Crippen LogP contribution in [-0.4, -0.2) is 29.3 Å². The quantitative estimate of drug-likeness (QED) is 0.274. The van der Waals surface area contributed by atoms with Crippen LogP contribution < -0.4 is 19.7 Å². The SMILES string of the molecule is CCOc1ccc(N2C(=O)/C(=C/c3cccc(OCC(=O)Nc4ccc(CC)cc4)c3)SC2=S)cc1. The number of ether oxygens (including phenoxy) is 2. The molecule has 1 aliphatic rings. The lowest BCUT2D eigenvalue weighted by Gasteiger charge is -2.15. The molecule has 3 aromatic rings. The van der Waals surface area contributed by atoms with E-state index in [1.165, 1.54) is 22.2 Å². The summed E-state index contributed by atoms with van der Waals surface area (Å²) in [7, 11) is 0. The molecule has 36 heavy (non-hydrogen) atoms. The van der Waals surface area contributed by atoms with Gasteiger partial charge >= 0.3 is 0 Å². The van der Waals surface area contributed by atoms with Crippen LogP contribution in [0.2, 0.25) is 0 Å². The van der Waals surface area contributed by atoms with Crippen molar-refractivity contribution in [2.75, 3.05) is 23.4 Å². The highest BCUT2D eigenvalue weighted by Crippen LogP contribution is 2.36. The summed E-state index contributed by atoms with van der Waals surface area (Å²) in [6, 6.07) is 22.2. The third kappa shape index (κ3) is 6.33. The second-order valence-electron chi connectivity index (χ2n) is 7.90. The van der Waals surface area contributed by atoms with E-state index in [0.29, 0.717) is 27.3 Å². The summed E-state index contributed by atoms with van der Waals surface area (Å²) in [4.78, 5) is 27.4. The molecule has 0 saturated carbocycles. The summed E-state index contributed by atoms with van der Waals surface area (Å²) < 4.78 is 11.6. The number of nitrogens with zero attached hydrogens (tertiary/aromatic N) is 1. The molecule has 0 unspecified atom stereocenters. The number of amides is 2. The first kappa shape index (κ1) is 25.5. The highest BCUT2D eigenvalue weighted by atomic mass is 32.2. The minimum Gasteiger partial charge on any atom is -0.494 e. The Balaban J connectivity index is 1.39. The number of carbonyl (C=O) groups excluding carboxylic acids is 2. The maximum Gasteiger partial charge on any atom is 0.270 e. The van der Waals surface area contributed by atoms with Crippen molar-refractivity contribution in [3.8, 4) is 11.5 Å². The van der Waals surface area contributed by atoms with Crippen LogP contribution in [0.25, 0.3) is 6.08 Å². The maximum atomic E-state index is 13.1. The molecule has 0 spiro atoms. The topological polar surface area (TPSA) is 67.9 Å². The van der Waals surface area contributed by atoms with Gasteiger partial charge in [-0.15, -0.1) is 0 Å². The normalized spacial score (nSPS) is 14.3. The molecule has 0 bridgehead atoms. The molecule has 4 rings (SSSR count). The molecule has 2 amide bonds. The van der Waals surface area contributed by atoms with E-state index in [9.17, 15) is 9.59 Å². The minimum atomic E-state index is -0.249. The Hall–Kier alpha value is -3.62. The van der Waals surface area contributed by atoms with Crippen LogP contribution in [0.4, 0.5) is 11.4 Å². The number of anilines is 2. The van der Waals surface area contributed by atoms with Crippen molar-refractivity contribution in [2.45, 2.75) is 20.3 Å². The van der Waals surface area contributed by atoms with Crippen molar-refractivity contribution in [3.05, 3.63) is 88.8 Å². The van der Waals surface area contributed by atoms with Gasteiger partial charge in [0.2, 0.25) is 0 Å². The zero-order chi connectivity index (χ0) is 25.5. The second-order valence-corrected chi connectivity index (χ2v) is 9.58. The highest BCUT2D eigenvalue weighted by molar-refractivity contribution is 8.27. The lowest BCUT2D eigenvalue weighted by molar-refractivity contribution is -0.118. The number of carbonyl (C=O) groups is 2. The summed E-state index contributed by atoms with van der Waals surface area (Å²) in [6.45, 7) is 4.45. The Morgan fingerprint density at radius 2 is 1.75 bits per heavy atom. The number of rotatable bonds is 9. The Bertz CT molecular complexity index is 1290. The average molecular weight is 519 g/mol. The van der Waals surface area contributed by atoms with E-state index in [4.69, 9.17) is 21.7 Å². The lowest BCUT2D eigenvalue weighted by Crippen LogP contribution is -2.27. The van der Waals surface area contributed by atoms with Crippen molar-refractivity contribution in [2.24, 2.45) is 0 Å². The molecule has 6 nitrogen and oxygen atoms in total. The molecular weight excluding hydrogens is 492 g/mol. The first-order valence-corrected chi connectivity index (χ1v) is 12.8. The van der Waals surface area contributed by atoms with E-state index in [1.54, 1.807) is 18.2 Å². The molecule has 0 aromatic heterocycles. The molecule has 1 saturated heterocycles. The maximum absolute atomic E-state index is 13.1. The van der Waals surface area contributed by atoms with E-state index >= 15 is 0 Å². The van der Waals surface area contributed by atoms with E-state index in [1.807, 2.05) is 67.6 Å². The fourth-order valence-electron chi connectivity index (χ4n) is 3.56. The number of hydrogen-bond acceptors (Lipinski definition) is 6. The lowest BCUT2D eigenvalue weighted by atomic mass is 10.1. The predicted octanol–water partition coefficient (Wildman–Crippen LogP) is 6.07. The Morgan fingerprint density at radius 1 is 1.00 bits per heavy atom. The van der Waals surface area contributed by atoms with Crippen molar-refractivity contribution in [1.82, 2.24) is 0 Å². The van der Waals surface area contributed by atoms with Crippen LogP contribution in [-0.2, 0) is 16.0 Å². The number of hydrogen-bond donors (Lipinski definition) is 1. The zero-order valence-electron chi connectivity index (χ0n) is 20.0. The van der Waals surface area contributed by atoms with Crippen molar-refractivity contribution in [3.63, 3.8) is 0 Å². The van der Waals surface area contributed by atoms with E-state index in [0.717, 1.165) is 23.4 Å². The van der Waals surface area contributed by atoms with Gasteiger partial charge in [0.15, 0.2) is 10.9 Å². The molecule has 1 heterocycles. The third-order valence-electron chi connectivity index (χ3n) is 5.37. The van der Waals surface area contributed by atoms with Crippen molar-refractivity contribution >= 4 is 57.6 Å². The van der Waals surface area contributed by atoms with Crippen LogP contribution in [0.5, 0.6) is 11.5 Å². The van der Waals surface area contributed by atoms with E-state index < -0.39 is 0 Å². The van der Waals surface area contributed by atoms with Crippen LogP contribution in [0.1, 0.15) is 25.0 Å². The van der Waals surface area contributed by atoms with Gasteiger partial charge in [0.1, 0.15) is 11.5 Å². The molecule has 1 aliphatic heterocycles. The summed E-state index contributed by atoms with van der Waals surface area (Å²) in [6.07, 6.45) is 2.72. The summed E-state index contributed by atoms with van der Waals surface area (Å²) in [5.74, 6) is 0.833. The molecule has 184 valence electrons. The molecular formula is C28H26N2O4S2. The van der Waals surface area contributed by atoms with Crippen molar-refractivity contribution < 1.29 is 19.1 Å². The molecule has 1 fully saturated rings. The zero-order valence-corrected chi connectivity index (χ0v) is 21.7. The predicted molar refractivity (Wildman–Crippen MR) is 150 cm³/mol. The standard InChI is InChI=1S/C28H26N2O4S2/c1-3-19-8-10-21(11-9-19)29-26(31)18-34-24-7-5-6-20(16-24)17-25-27(32)30(28(35)36-25)22-12-14-23(15-13-22)33-4-2/h5-17H,3-4,18H2,1-2H3,(H,29,31)/b25-17-. The number of nitrogens with one attached hydrogen (secondary N) is 1. The van der Waals surface area contributed by atoms with Crippen LogP contribution in [0, 0.1) is 0 Å². The van der Waals surface area contributed by atoms with Crippen LogP contribution in [0.3, 0.4) is 0 Å². The first-order valence-electron chi connectivity index (χ1n) is 11.6. The summed E-state index contributed by atoms with van der Waals surface area (Å²) >= 11 is 6.71. The third-order valence-corrected chi connectivity index (χ3v) is 6.67. The second kappa shape index (κ2) is 11.9. The smallest absolute Gasteiger partial charge is 0.270 e. The monoisotopic (exact) mass is 518 g/mol. The Kier molecular flexibility index (Phi) is 8.40. The van der Waals surface area contributed by atoms with Gasteiger partial charge in [-0.1, -0.05) is 55.2 Å². The fourth-order valence-corrected chi connectivity index (χ4v) is 4.86. The summed E-state index contributed by atoms with van der Waals surface area (Å²) in [5.41, 5.74) is 3.40. The number of benzene rings is 3. The Labute approximate surface area is 220 Å².